The fourth-order valence-electron chi connectivity index (χ4n) is 2.18. The zero-order valence-electron chi connectivity index (χ0n) is 11.3. The Balaban J connectivity index is 1.85. The molecule has 2 heterocycles. The van der Waals surface area contributed by atoms with Crippen LogP contribution in [-0.2, 0) is 6.54 Å². The summed E-state index contributed by atoms with van der Waals surface area (Å²) < 4.78 is 0. The summed E-state index contributed by atoms with van der Waals surface area (Å²) in [5.41, 5.74) is 2.93. The van der Waals surface area contributed by atoms with Crippen molar-refractivity contribution in [2.75, 3.05) is 5.43 Å². The number of hydrogen-bond donors (Lipinski definition) is 2. The number of halogens is 1. The van der Waals surface area contributed by atoms with Gasteiger partial charge in [0.1, 0.15) is 11.0 Å². The van der Waals surface area contributed by atoms with E-state index in [9.17, 15) is 4.79 Å². The minimum atomic E-state index is -0.0355. The number of anilines is 1. The van der Waals surface area contributed by atoms with E-state index >= 15 is 0 Å². The Kier molecular flexibility index (Phi) is 4.10. The third-order valence-corrected chi connectivity index (χ3v) is 4.40. The molecule has 5 nitrogen and oxygen atoms in total. The molecule has 0 atom stereocenters. The molecule has 7 heteroatoms. The van der Waals surface area contributed by atoms with Gasteiger partial charge in [0.25, 0.3) is 5.91 Å². The van der Waals surface area contributed by atoms with Crippen molar-refractivity contribution in [3.05, 3.63) is 45.2 Å². The number of thiophene rings is 1. The third-order valence-electron chi connectivity index (χ3n) is 3.34. The van der Waals surface area contributed by atoms with E-state index in [2.05, 4.69) is 10.4 Å². The highest BCUT2D eigenvalue weighted by Gasteiger charge is 2.33. The van der Waals surface area contributed by atoms with Crippen molar-refractivity contribution in [2.24, 2.45) is 5.84 Å². The van der Waals surface area contributed by atoms with Crippen LogP contribution in [0.25, 0.3) is 0 Å². The smallest absolute Gasteiger partial charge is 0.254 e. The summed E-state index contributed by atoms with van der Waals surface area (Å²) in [6.07, 6.45) is 2.11. The maximum absolute atomic E-state index is 12.7. The first-order valence-corrected chi connectivity index (χ1v) is 7.90. The Morgan fingerprint density at radius 1 is 1.52 bits per heavy atom. The van der Waals surface area contributed by atoms with Gasteiger partial charge in [-0.1, -0.05) is 17.7 Å². The average Bonchev–Trinajstić information content (AvgIpc) is 3.20. The largest absolute Gasteiger partial charge is 0.331 e. The maximum atomic E-state index is 12.7. The summed E-state index contributed by atoms with van der Waals surface area (Å²) in [5.74, 6) is 5.70. The van der Waals surface area contributed by atoms with E-state index < -0.39 is 0 Å². The zero-order valence-corrected chi connectivity index (χ0v) is 12.8. The Labute approximate surface area is 131 Å². The number of hydrazine groups is 1. The van der Waals surface area contributed by atoms with Crippen molar-refractivity contribution in [2.45, 2.75) is 25.4 Å². The van der Waals surface area contributed by atoms with E-state index in [1.165, 1.54) is 4.88 Å². The second-order valence-corrected chi connectivity index (χ2v) is 6.37. The highest BCUT2D eigenvalue weighted by atomic mass is 35.5. The van der Waals surface area contributed by atoms with Gasteiger partial charge in [0.15, 0.2) is 0 Å². The molecule has 1 aliphatic rings. The number of nitrogen functional groups attached to an aromatic ring is 1. The molecule has 21 heavy (non-hydrogen) atoms. The molecule has 1 amide bonds. The molecule has 0 aliphatic heterocycles. The van der Waals surface area contributed by atoms with Gasteiger partial charge in [-0.15, -0.1) is 11.3 Å². The number of rotatable bonds is 5. The van der Waals surface area contributed by atoms with Crippen LogP contribution in [0.5, 0.6) is 0 Å². The lowest BCUT2D eigenvalue weighted by Gasteiger charge is -2.22. The normalized spacial score (nSPS) is 14.0. The predicted molar refractivity (Wildman–Crippen MR) is 84.3 cm³/mol. The van der Waals surface area contributed by atoms with Crippen molar-refractivity contribution in [3.8, 4) is 0 Å². The van der Waals surface area contributed by atoms with Gasteiger partial charge >= 0.3 is 0 Å². The quantitative estimate of drug-likeness (QED) is 0.504. The van der Waals surface area contributed by atoms with Crippen LogP contribution < -0.4 is 11.3 Å². The van der Waals surface area contributed by atoms with Gasteiger partial charge in [-0.2, -0.15) is 0 Å². The summed E-state index contributed by atoms with van der Waals surface area (Å²) >= 11 is 7.60. The average molecular weight is 323 g/mol. The fraction of sp³-hybridized carbons (Fsp3) is 0.286. The first-order valence-electron chi connectivity index (χ1n) is 6.65. The second-order valence-electron chi connectivity index (χ2n) is 4.95. The number of carbonyl (C=O) groups excluding carboxylic acids is 1. The molecular formula is C14H15ClN4OS. The van der Waals surface area contributed by atoms with Crippen LogP contribution in [0.2, 0.25) is 5.15 Å². The van der Waals surface area contributed by atoms with Crippen molar-refractivity contribution in [3.63, 3.8) is 0 Å². The first kappa shape index (κ1) is 14.3. The molecule has 1 saturated carbocycles. The van der Waals surface area contributed by atoms with Crippen LogP contribution in [0.15, 0.2) is 29.6 Å². The molecule has 0 radical (unpaired) electrons. The highest BCUT2D eigenvalue weighted by molar-refractivity contribution is 7.09. The van der Waals surface area contributed by atoms with Gasteiger partial charge < -0.3 is 10.3 Å². The number of nitrogens with two attached hydrogens (primary N) is 1. The lowest BCUT2D eigenvalue weighted by atomic mass is 10.2. The van der Waals surface area contributed by atoms with Gasteiger partial charge in [-0.25, -0.2) is 10.8 Å². The van der Waals surface area contributed by atoms with E-state index in [1.54, 1.807) is 23.5 Å². The van der Waals surface area contributed by atoms with Crippen molar-refractivity contribution < 1.29 is 4.79 Å². The van der Waals surface area contributed by atoms with E-state index in [4.69, 9.17) is 17.4 Å². The molecule has 0 unspecified atom stereocenters. The maximum Gasteiger partial charge on any atom is 0.254 e. The summed E-state index contributed by atoms with van der Waals surface area (Å²) in [6.45, 7) is 0.631. The molecule has 0 bridgehead atoms. The van der Waals surface area contributed by atoms with E-state index in [0.717, 1.165) is 12.8 Å². The van der Waals surface area contributed by atoms with Crippen LogP contribution in [0.1, 0.15) is 28.1 Å². The van der Waals surface area contributed by atoms with Gasteiger partial charge in [-0.05, 0) is 36.4 Å². The van der Waals surface area contributed by atoms with Crippen LogP contribution in [-0.4, -0.2) is 21.8 Å². The zero-order chi connectivity index (χ0) is 14.8. The van der Waals surface area contributed by atoms with Crippen molar-refractivity contribution in [1.82, 2.24) is 9.88 Å². The molecule has 0 spiro atoms. The van der Waals surface area contributed by atoms with E-state index in [1.807, 2.05) is 22.4 Å². The van der Waals surface area contributed by atoms with Crippen molar-refractivity contribution >= 4 is 34.7 Å². The molecule has 0 aromatic carbocycles. The molecule has 2 aromatic rings. The Bertz CT molecular complexity index is 642. The summed E-state index contributed by atoms with van der Waals surface area (Å²) in [4.78, 5) is 19.8. The molecule has 3 N–H and O–H groups in total. The molecular weight excluding hydrogens is 308 g/mol. The molecule has 110 valence electrons. The second kappa shape index (κ2) is 6.01. The van der Waals surface area contributed by atoms with Gasteiger partial charge in [-0.3, -0.25) is 4.79 Å². The predicted octanol–water partition coefficient (Wildman–Crippen LogP) is 2.89. The molecule has 1 aliphatic carbocycles. The SMILES string of the molecule is NNc1cc(C(=O)N(Cc2cccs2)C2CC2)cc(Cl)n1. The summed E-state index contributed by atoms with van der Waals surface area (Å²) in [7, 11) is 0. The summed E-state index contributed by atoms with van der Waals surface area (Å²) in [6, 6.07) is 7.56. The number of aromatic nitrogens is 1. The topological polar surface area (TPSA) is 71.2 Å². The Morgan fingerprint density at radius 2 is 2.33 bits per heavy atom. The number of nitrogens with one attached hydrogen (secondary N) is 1. The van der Waals surface area contributed by atoms with Gasteiger partial charge in [0.2, 0.25) is 0 Å². The Hall–Kier alpha value is -1.63. The standard InChI is InChI=1S/C14H15ClN4OS/c15-12-6-9(7-13(17-12)18-16)14(20)19(10-3-4-10)8-11-2-1-5-21-11/h1-2,5-7,10H,3-4,8,16H2,(H,17,18). The van der Waals surface area contributed by atoms with Crippen LogP contribution in [0.4, 0.5) is 5.82 Å². The van der Waals surface area contributed by atoms with E-state index in [0.29, 0.717) is 24.0 Å². The number of carbonyl (C=O) groups is 1. The number of hydrogen-bond acceptors (Lipinski definition) is 5. The third kappa shape index (κ3) is 3.34. The minimum Gasteiger partial charge on any atom is -0.331 e. The lowest BCUT2D eigenvalue weighted by Crippen LogP contribution is -2.32. The molecule has 0 saturated heterocycles. The molecule has 2 aromatic heterocycles. The highest BCUT2D eigenvalue weighted by Crippen LogP contribution is 2.31. The van der Waals surface area contributed by atoms with Gasteiger partial charge in [0, 0.05) is 16.5 Å². The molecule has 3 rings (SSSR count). The Morgan fingerprint density at radius 3 is 2.95 bits per heavy atom. The van der Waals surface area contributed by atoms with E-state index in [-0.39, 0.29) is 11.1 Å². The van der Waals surface area contributed by atoms with Crippen LogP contribution >= 0.6 is 22.9 Å². The number of nitrogens with zero attached hydrogens (tertiary/aromatic N) is 2. The number of amides is 1. The monoisotopic (exact) mass is 322 g/mol. The fourth-order valence-corrected chi connectivity index (χ4v) is 3.09. The first-order chi connectivity index (χ1) is 10.2. The molecule has 1 fully saturated rings. The van der Waals surface area contributed by atoms with Gasteiger partial charge in [0.05, 0.1) is 6.54 Å². The minimum absolute atomic E-state index is 0.0355. The summed E-state index contributed by atoms with van der Waals surface area (Å²) in [5, 5.41) is 2.27. The van der Waals surface area contributed by atoms with Crippen LogP contribution in [0.3, 0.4) is 0 Å². The lowest BCUT2D eigenvalue weighted by molar-refractivity contribution is 0.0731. The van der Waals surface area contributed by atoms with Crippen LogP contribution in [0, 0.1) is 0 Å². The van der Waals surface area contributed by atoms with Crippen molar-refractivity contribution in [1.29, 1.82) is 0 Å². The number of pyridine rings is 1.